The summed E-state index contributed by atoms with van der Waals surface area (Å²) in [6.07, 6.45) is -3.23. The molecule has 4 rings (SSSR count). The van der Waals surface area contributed by atoms with Crippen LogP contribution in [-0.4, -0.2) is 44.2 Å². The summed E-state index contributed by atoms with van der Waals surface area (Å²) in [7, 11) is -2.55. The molecule has 0 aliphatic rings. The van der Waals surface area contributed by atoms with E-state index in [1.807, 2.05) is 0 Å². The van der Waals surface area contributed by atoms with Gasteiger partial charge in [-0.15, -0.1) is 0 Å². The molecule has 0 spiro atoms. The Morgan fingerprint density at radius 3 is 2.56 bits per heavy atom. The highest BCUT2D eigenvalue weighted by molar-refractivity contribution is 7.51. The summed E-state index contributed by atoms with van der Waals surface area (Å²) in [6.45, 7) is 2.63. The second kappa shape index (κ2) is 12.4. The molecule has 0 fully saturated rings. The van der Waals surface area contributed by atoms with E-state index < -0.39 is 43.1 Å². The Morgan fingerprint density at radius 2 is 1.91 bits per heavy atom. The largest absolute Gasteiger partial charge is 0.495 e. The number of halogens is 3. The van der Waals surface area contributed by atoms with E-state index in [1.54, 1.807) is 6.92 Å². The Bertz CT molecular complexity index is 1800. The molecule has 12 nitrogen and oxygen atoms in total. The number of alkyl halides is 3. The number of ether oxygens (including phenoxy) is 1. The highest BCUT2D eigenvalue weighted by Gasteiger charge is 2.35. The zero-order chi connectivity index (χ0) is 31.5. The fourth-order valence-electron chi connectivity index (χ4n) is 4.37. The molecule has 2 heterocycles. The smallest absolute Gasteiger partial charge is 0.421 e. The number of nitrogens with zero attached hydrogens (tertiary/aromatic N) is 3. The van der Waals surface area contributed by atoms with Crippen LogP contribution in [0.5, 0.6) is 5.75 Å². The highest BCUT2D eigenvalue weighted by Crippen LogP contribution is 2.46. The number of nitrogens with one attached hydrogen (secondary N) is 2. The number of carbonyl (C=O) groups is 1. The number of anilines is 4. The first-order valence-electron chi connectivity index (χ1n) is 12.7. The van der Waals surface area contributed by atoms with Crippen LogP contribution in [0.3, 0.4) is 0 Å². The number of aliphatic carboxylic acids is 1. The summed E-state index contributed by atoms with van der Waals surface area (Å²) in [4.78, 5) is 42.2. The summed E-state index contributed by atoms with van der Waals surface area (Å²) in [5.74, 6) is -1.91. The van der Waals surface area contributed by atoms with E-state index >= 15 is 0 Å². The van der Waals surface area contributed by atoms with E-state index in [0.717, 1.165) is 0 Å². The molecule has 2 aromatic heterocycles. The van der Waals surface area contributed by atoms with Crippen molar-refractivity contribution in [3.05, 3.63) is 75.7 Å². The van der Waals surface area contributed by atoms with E-state index in [4.69, 9.17) is 9.26 Å². The lowest BCUT2D eigenvalue weighted by Gasteiger charge is -2.18. The normalized spacial score (nSPS) is 13.0. The van der Waals surface area contributed by atoms with E-state index in [1.165, 1.54) is 61.2 Å². The number of aromatic nitrogens is 3. The molecule has 16 heteroatoms. The van der Waals surface area contributed by atoms with E-state index in [-0.39, 0.29) is 52.3 Å². The second-order valence-electron chi connectivity index (χ2n) is 9.31. The number of aryl methyl sites for hydroxylation is 1. The lowest BCUT2D eigenvalue weighted by atomic mass is 10.1. The predicted molar refractivity (Wildman–Crippen MR) is 152 cm³/mol. The first-order valence-corrected chi connectivity index (χ1v) is 14.4. The van der Waals surface area contributed by atoms with Crippen LogP contribution in [0.25, 0.3) is 10.9 Å². The van der Waals surface area contributed by atoms with Crippen LogP contribution >= 0.6 is 7.60 Å². The molecule has 1 atom stereocenters. The number of hydrogen-bond donors (Lipinski definition) is 4. The number of fused-ring (bicyclic) bond motifs is 1. The third-order valence-electron chi connectivity index (χ3n) is 6.17. The van der Waals surface area contributed by atoms with Crippen LogP contribution in [0.15, 0.2) is 53.6 Å². The molecular formula is C27H27F3N5O7P. The first-order chi connectivity index (χ1) is 20.2. The van der Waals surface area contributed by atoms with Gasteiger partial charge in [-0.1, -0.05) is 12.1 Å². The van der Waals surface area contributed by atoms with Crippen molar-refractivity contribution >= 4 is 47.6 Å². The molecule has 43 heavy (non-hydrogen) atoms. The molecule has 0 radical (unpaired) electrons. The van der Waals surface area contributed by atoms with Crippen LogP contribution < -0.4 is 20.8 Å². The Hall–Kier alpha value is -4.46. The Morgan fingerprint density at radius 1 is 1.16 bits per heavy atom. The van der Waals surface area contributed by atoms with Gasteiger partial charge >= 0.3 is 19.7 Å². The van der Waals surface area contributed by atoms with Crippen molar-refractivity contribution < 1.29 is 41.8 Å². The van der Waals surface area contributed by atoms with Gasteiger partial charge in [-0.05, 0) is 43.7 Å². The van der Waals surface area contributed by atoms with Crippen LogP contribution in [0.1, 0.15) is 23.6 Å². The summed E-state index contributed by atoms with van der Waals surface area (Å²) in [5.41, 5.74) is -0.683. The van der Waals surface area contributed by atoms with Crippen molar-refractivity contribution in [3.8, 4) is 5.75 Å². The Kier molecular flexibility index (Phi) is 9.09. The van der Waals surface area contributed by atoms with E-state index in [9.17, 15) is 37.3 Å². The fourth-order valence-corrected chi connectivity index (χ4v) is 5.52. The van der Waals surface area contributed by atoms with Gasteiger partial charge in [0.2, 0.25) is 5.95 Å². The zero-order valence-electron chi connectivity index (χ0n) is 23.1. The second-order valence-corrected chi connectivity index (χ2v) is 11.2. The number of carboxylic acid groups (broad SMARTS) is 1. The molecule has 1 unspecified atom stereocenters. The van der Waals surface area contributed by atoms with Gasteiger partial charge in [0.25, 0.3) is 0 Å². The molecule has 0 aliphatic heterocycles. The third-order valence-corrected chi connectivity index (χ3v) is 7.59. The number of benzene rings is 2. The van der Waals surface area contributed by atoms with E-state index in [2.05, 4.69) is 20.6 Å². The van der Waals surface area contributed by atoms with Gasteiger partial charge in [-0.2, -0.15) is 18.2 Å². The molecule has 4 aromatic rings. The van der Waals surface area contributed by atoms with Crippen LogP contribution in [0.2, 0.25) is 0 Å². The lowest BCUT2D eigenvalue weighted by molar-refractivity contribution is -0.138. The summed E-state index contributed by atoms with van der Waals surface area (Å²) in [6, 6.07) is 8.79. The van der Waals surface area contributed by atoms with Gasteiger partial charge in [0.15, 0.2) is 5.43 Å². The predicted octanol–water partition coefficient (Wildman–Crippen LogP) is 5.42. The minimum Gasteiger partial charge on any atom is -0.495 e. The minimum absolute atomic E-state index is 0.0181. The summed E-state index contributed by atoms with van der Waals surface area (Å²) < 4.78 is 65.7. The topological polar surface area (TPSA) is 165 Å². The molecule has 0 saturated carbocycles. The number of methoxy groups -OCH3 is 1. The SMILES string of the molecule is CCOP(=O)(O)Cc1ccc(Nc2ncc(C(F)(F)F)c(Nc3cccc4c3c(=O)c(C)cn4CC(=O)O)n2)c(OC)c1. The van der Waals surface area contributed by atoms with Crippen molar-refractivity contribution in [2.24, 2.45) is 0 Å². The maximum Gasteiger partial charge on any atom is 0.421 e. The van der Waals surface area contributed by atoms with Crippen molar-refractivity contribution in [1.82, 2.24) is 14.5 Å². The molecule has 228 valence electrons. The summed E-state index contributed by atoms with van der Waals surface area (Å²) >= 11 is 0. The highest BCUT2D eigenvalue weighted by atomic mass is 31.2. The molecule has 4 N–H and O–H groups in total. The van der Waals surface area contributed by atoms with Crippen molar-refractivity contribution in [2.75, 3.05) is 24.4 Å². The fraction of sp³-hybridized carbons (Fsp3) is 0.259. The maximum atomic E-state index is 14.0. The molecule has 0 bridgehead atoms. The van der Waals surface area contributed by atoms with Crippen molar-refractivity contribution in [2.45, 2.75) is 32.7 Å². The lowest BCUT2D eigenvalue weighted by Crippen LogP contribution is -2.18. The van der Waals surface area contributed by atoms with Crippen molar-refractivity contribution in [3.63, 3.8) is 0 Å². The van der Waals surface area contributed by atoms with Crippen LogP contribution in [-0.2, 0) is 32.8 Å². The zero-order valence-corrected chi connectivity index (χ0v) is 24.0. The molecule has 0 amide bonds. The number of rotatable bonds is 11. The van der Waals surface area contributed by atoms with Crippen LogP contribution in [0.4, 0.5) is 36.3 Å². The van der Waals surface area contributed by atoms with Gasteiger partial charge in [0.05, 0.1) is 42.2 Å². The third kappa shape index (κ3) is 7.31. The van der Waals surface area contributed by atoms with Crippen molar-refractivity contribution in [1.29, 1.82) is 0 Å². The standard InChI is InChI=1S/C27H27F3N5O7P/c1-4-42-43(39,40)14-16-8-9-18(21(10-16)41-3)33-26-31-11-17(27(28,29)30)25(34-26)32-19-6-5-7-20-23(19)24(38)15(2)12-35(20)13-22(36)37/h5-12H,4,13-14H2,1-3H3,(H,36,37)(H,39,40)(H2,31,32,33,34). The average molecular weight is 622 g/mol. The summed E-state index contributed by atoms with van der Waals surface area (Å²) in [5, 5.41) is 14.7. The molecule has 2 aromatic carbocycles. The van der Waals surface area contributed by atoms with Gasteiger partial charge in [-0.3, -0.25) is 14.2 Å². The Balaban J connectivity index is 1.75. The number of carboxylic acids is 1. The number of hydrogen-bond acceptors (Lipinski definition) is 9. The van der Waals surface area contributed by atoms with E-state index in [0.29, 0.717) is 11.8 Å². The van der Waals surface area contributed by atoms with Gasteiger partial charge in [0, 0.05) is 18.0 Å². The number of pyridine rings is 1. The van der Waals surface area contributed by atoms with Gasteiger partial charge in [0.1, 0.15) is 23.7 Å². The maximum absolute atomic E-state index is 14.0. The molecule has 0 aliphatic carbocycles. The van der Waals surface area contributed by atoms with Gasteiger partial charge < -0.3 is 34.5 Å². The molecular weight excluding hydrogens is 594 g/mol. The monoisotopic (exact) mass is 621 g/mol. The van der Waals surface area contributed by atoms with Crippen LogP contribution in [0, 0.1) is 6.92 Å². The Labute approximate surface area is 242 Å². The average Bonchev–Trinajstić information content (AvgIpc) is 2.91. The molecule has 0 saturated heterocycles. The minimum atomic E-state index is -4.87. The quantitative estimate of drug-likeness (QED) is 0.158. The first kappa shape index (κ1) is 31.5. The van der Waals surface area contributed by atoms with Gasteiger partial charge in [-0.25, -0.2) is 4.98 Å².